The molecule has 0 saturated heterocycles. The molecule has 1 aliphatic carbocycles. The van der Waals surface area contributed by atoms with Gasteiger partial charge in [-0.25, -0.2) is 4.79 Å². The fourth-order valence-corrected chi connectivity index (χ4v) is 2.99. The minimum Gasteiger partial charge on any atom is -0.465 e. The maximum atomic E-state index is 11.6. The van der Waals surface area contributed by atoms with Crippen LogP contribution in [-0.4, -0.2) is 18.1 Å². The fourth-order valence-electron chi connectivity index (χ4n) is 2.99. The molecule has 5 nitrogen and oxygen atoms in total. The van der Waals surface area contributed by atoms with Gasteiger partial charge >= 0.3 is 5.97 Å². The molecule has 1 fully saturated rings. The predicted octanol–water partition coefficient (Wildman–Crippen LogP) is 2.54. The molecule has 0 spiro atoms. The van der Waals surface area contributed by atoms with Crippen molar-refractivity contribution in [3.8, 4) is 11.5 Å². The van der Waals surface area contributed by atoms with Crippen LogP contribution < -0.4 is 10.3 Å². The van der Waals surface area contributed by atoms with Crippen molar-refractivity contribution in [1.82, 2.24) is 4.98 Å². The van der Waals surface area contributed by atoms with Crippen LogP contribution >= 0.6 is 0 Å². The first-order valence-electron chi connectivity index (χ1n) is 6.80. The van der Waals surface area contributed by atoms with Crippen molar-refractivity contribution in [1.29, 1.82) is 0 Å². The summed E-state index contributed by atoms with van der Waals surface area (Å²) in [6.45, 7) is 0. The lowest BCUT2D eigenvalue weighted by atomic mass is 10.0. The molecule has 4 rings (SSSR count). The van der Waals surface area contributed by atoms with Crippen molar-refractivity contribution in [3.05, 3.63) is 57.5 Å². The van der Waals surface area contributed by atoms with E-state index in [1.54, 1.807) is 18.2 Å². The van der Waals surface area contributed by atoms with Gasteiger partial charge in [0.15, 0.2) is 0 Å². The minimum atomic E-state index is -0.389. The average molecular weight is 283 g/mol. The van der Waals surface area contributed by atoms with Crippen LogP contribution in [0.4, 0.5) is 0 Å². The highest BCUT2D eigenvalue weighted by Gasteiger charge is 2.45. The number of fused-ring (bicyclic) bond motifs is 5. The molecule has 0 amide bonds. The van der Waals surface area contributed by atoms with E-state index in [-0.39, 0.29) is 11.5 Å². The van der Waals surface area contributed by atoms with Gasteiger partial charge in [0, 0.05) is 12.0 Å². The van der Waals surface area contributed by atoms with E-state index >= 15 is 0 Å². The topological polar surface area (TPSA) is 68.4 Å². The van der Waals surface area contributed by atoms with Gasteiger partial charge in [-0.15, -0.1) is 0 Å². The Morgan fingerprint density at radius 3 is 2.90 bits per heavy atom. The zero-order valence-electron chi connectivity index (χ0n) is 11.4. The second kappa shape index (κ2) is 4.22. The van der Waals surface area contributed by atoms with Gasteiger partial charge in [0.05, 0.1) is 18.4 Å². The summed E-state index contributed by atoms with van der Waals surface area (Å²) in [4.78, 5) is 26.0. The van der Waals surface area contributed by atoms with Crippen LogP contribution in [0.15, 0.2) is 35.1 Å². The number of nitrogens with one attached hydrogen (secondary N) is 1. The second-order valence-corrected chi connectivity index (χ2v) is 5.40. The number of carbonyl (C=O) groups excluding carboxylic acids is 1. The Morgan fingerprint density at radius 1 is 1.24 bits per heavy atom. The lowest BCUT2D eigenvalue weighted by molar-refractivity contribution is 0.0600. The first-order valence-corrected chi connectivity index (χ1v) is 6.80. The molecular weight excluding hydrogens is 270 g/mol. The van der Waals surface area contributed by atoms with Gasteiger partial charge in [-0.2, -0.15) is 0 Å². The molecule has 5 heteroatoms. The Kier molecular flexibility index (Phi) is 2.45. The van der Waals surface area contributed by atoms with E-state index in [2.05, 4.69) is 4.98 Å². The number of H-pyrrole nitrogens is 1. The highest BCUT2D eigenvalue weighted by molar-refractivity contribution is 5.90. The van der Waals surface area contributed by atoms with Crippen molar-refractivity contribution in [2.45, 2.75) is 18.3 Å². The number of benzene rings is 1. The molecular formula is C16H13NO4. The average Bonchev–Trinajstić information content (AvgIpc) is 3.28. The number of pyridine rings is 1. The molecule has 0 radical (unpaired) electrons. The second-order valence-electron chi connectivity index (χ2n) is 5.40. The van der Waals surface area contributed by atoms with E-state index in [0.29, 0.717) is 28.9 Å². The van der Waals surface area contributed by atoms with E-state index in [4.69, 9.17) is 9.47 Å². The number of ether oxygens (including phenoxy) is 2. The molecule has 2 heterocycles. The maximum Gasteiger partial charge on any atom is 0.337 e. The number of carbonyl (C=O) groups is 1. The smallest absolute Gasteiger partial charge is 0.337 e. The Morgan fingerprint density at radius 2 is 2.10 bits per heavy atom. The van der Waals surface area contributed by atoms with Gasteiger partial charge in [0.1, 0.15) is 11.5 Å². The van der Waals surface area contributed by atoms with Gasteiger partial charge < -0.3 is 14.5 Å². The Labute approximate surface area is 120 Å². The van der Waals surface area contributed by atoms with Gasteiger partial charge in [0.2, 0.25) is 5.56 Å². The standard InChI is InChI=1S/C16H13NO4/c1-20-16(19)8-2-3-9-10-7-11(10)15-12(21-13(9)6-8)4-5-14(18)17-15/h2-6,10-11H,7H2,1H3,(H,17,18). The van der Waals surface area contributed by atoms with E-state index in [1.807, 2.05) is 6.07 Å². The molecule has 1 N–H and O–H groups in total. The quantitative estimate of drug-likeness (QED) is 0.817. The molecule has 1 saturated carbocycles. The lowest BCUT2D eigenvalue weighted by Crippen LogP contribution is -2.07. The highest BCUT2D eigenvalue weighted by Crippen LogP contribution is 2.60. The monoisotopic (exact) mass is 283 g/mol. The predicted molar refractivity (Wildman–Crippen MR) is 75.0 cm³/mol. The summed E-state index contributed by atoms with van der Waals surface area (Å²) in [5, 5.41) is 0. The summed E-state index contributed by atoms with van der Waals surface area (Å²) in [6.07, 6.45) is 0.987. The Balaban J connectivity index is 1.84. The number of methoxy groups -OCH3 is 1. The van der Waals surface area contributed by atoms with E-state index in [0.717, 1.165) is 17.7 Å². The molecule has 1 aliphatic heterocycles. The number of aromatic amines is 1. The lowest BCUT2D eigenvalue weighted by Gasteiger charge is -2.11. The Bertz CT molecular complexity index is 808. The number of hydrogen-bond donors (Lipinski definition) is 1. The third kappa shape index (κ3) is 1.85. The summed E-state index contributed by atoms with van der Waals surface area (Å²) in [5.74, 6) is 1.56. The van der Waals surface area contributed by atoms with Crippen molar-refractivity contribution in [3.63, 3.8) is 0 Å². The summed E-state index contributed by atoms with van der Waals surface area (Å²) >= 11 is 0. The van der Waals surface area contributed by atoms with Crippen molar-refractivity contribution in [2.75, 3.05) is 7.11 Å². The first kappa shape index (κ1) is 12.2. The molecule has 106 valence electrons. The molecule has 2 atom stereocenters. The molecule has 2 aliphatic rings. The van der Waals surface area contributed by atoms with Crippen LogP contribution in [0.1, 0.15) is 39.9 Å². The molecule has 0 bridgehead atoms. The van der Waals surface area contributed by atoms with Crippen LogP contribution in [0.25, 0.3) is 0 Å². The van der Waals surface area contributed by atoms with Gasteiger partial charge in [-0.1, -0.05) is 6.07 Å². The molecule has 1 aromatic carbocycles. The molecule has 1 aromatic heterocycles. The van der Waals surface area contributed by atoms with Crippen molar-refractivity contribution < 1.29 is 14.3 Å². The molecule has 2 aromatic rings. The minimum absolute atomic E-state index is 0.121. The third-order valence-electron chi connectivity index (χ3n) is 4.12. The maximum absolute atomic E-state index is 11.6. The summed E-state index contributed by atoms with van der Waals surface area (Å²) in [7, 11) is 1.35. The van der Waals surface area contributed by atoms with E-state index in [9.17, 15) is 9.59 Å². The van der Waals surface area contributed by atoms with Crippen molar-refractivity contribution >= 4 is 5.97 Å². The van der Waals surface area contributed by atoms with Gasteiger partial charge in [0.25, 0.3) is 0 Å². The Hall–Kier alpha value is -2.56. The van der Waals surface area contributed by atoms with Crippen LogP contribution in [0.5, 0.6) is 11.5 Å². The van der Waals surface area contributed by atoms with E-state index in [1.165, 1.54) is 13.2 Å². The molecule has 21 heavy (non-hydrogen) atoms. The third-order valence-corrected chi connectivity index (χ3v) is 4.12. The largest absolute Gasteiger partial charge is 0.465 e. The van der Waals surface area contributed by atoms with Crippen molar-refractivity contribution in [2.24, 2.45) is 0 Å². The zero-order valence-corrected chi connectivity index (χ0v) is 11.4. The van der Waals surface area contributed by atoms with E-state index < -0.39 is 0 Å². The fraction of sp³-hybridized carbons (Fsp3) is 0.250. The number of rotatable bonds is 1. The normalized spacial score (nSPS) is 21.2. The van der Waals surface area contributed by atoms with Crippen LogP contribution in [0.3, 0.4) is 0 Å². The number of hydrogen-bond acceptors (Lipinski definition) is 4. The zero-order chi connectivity index (χ0) is 14.6. The van der Waals surface area contributed by atoms with Crippen LogP contribution in [0.2, 0.25) is 0 Å². The SMILES string of the molecule is COC(=O)c1ccc2c(c1)Oc1ccc(=O)[nH]c1C1CC21. The highest BCUT2D eigenvalue weighted by atomic mass is 16.5. The molecule has 2 unspecified atom stereocenters. The van der Waals surface area contributed by atoms with Gasteiger partial charge in [-0.3, -0.25) is 4.79 Å². The van der Waals surface area contributed by atoms with Crippen LogP contribution in [0, 0.1) is 0 Å². The summed E-state index contributed by atoms with van der Waals surface area (Å²) in [5.41, 5.74) is 2.26. The summed E-state index contributed by atoms with van der Waals surface area (Å²) in [6, 6.07) is 8.50. The van der Waals surface area contributed by atoms with Gasteiger partial charge in [-0.05, 0) is 36.1 Å². The number of aromatic nitrogens is 1. The van der Waals surface area contributed by atoms with Crippen LogP contribution in [-0.2, 0) is 4.74 Å². The summed E-state index contributed by atoms with van der Waals surface area (Å²) < 4.78 is 10.7. The first-order chi connectivity index (χ1) is 10.2. The number of esters is 1.